The number of nitrogens with zero attached hydrogens (tertiary/aromatic N) is 4. The highest BCUT2D eigenvalue weighted by atomic mass is 32.2. The molecule has 2 aromatic heterocycles. The van der Waals surface area contributed by atoms with E-state index in [0.29, 0.717) is 42.0 Å². The van der Waals surface area contributed by atoms with Gasteiger partial charge in [0.2, 0.25) is 0 Å². The van der Waals surface area contributed by atoms with E-state index < -0.39 is 22.8 Å². The molecule has 1 aliphatic heterocycles. The fraction of sp³-hybridized carbons (Fsp3) is 0.364. The molecule has 164 valence electrons. The summed E-state index contributed by atoms with van der Waals surface area (Å²) in [5.74, 6) is -0.00644. The number of hydrogen-bond acceptors (Lipinski definition) is 7. The van der Waals surface area contributed by atoms with Crippen molar-refractivity contribution in [2.75, 3.05) is 11.4 Å². The van der Waals surface area contributed by atoms with Crippen LogP contribution in [-0.2, 0) is 5.54 Å². The summed E-state index contributed by atoms with van der Waals surface area (Å²) in [6, 6.07) is 5.40. The highest BCUT2D eigenvalue weighted by Gasteiger charge is 2.64. The molecule has 2 aliphatic carbocycles. The zero-order valence-corrected chi connectivity index (χ0v) is 17.8. The number of rotatable bonds is 4. The third-order valence-corrected chi connectivity index (χ3v) is 7.88. The summed E-state index contributed by atoms with van der Waals surface area (Å²) < 4.78 is 30.2. The number of anilines is 1. The summed E-state index contributed by atoms with van der Waals surface area (Å²) in [5.41, 5.74) is -0.420. The van der Waals surface area contributed by atoms with E-state index in [1.807, 2.05) is 4.90 Å². The Morgan fingerprint density at radius 3 is 2.78 bits per heavy atom. The Labute approximate surface area is 186 Å². The van der Waals surface area contributed by atoms with Gasteiger partial charge < -0.3 is 10.0 Å². The molecule has 3 N–H and O–H groups in total. The molecular weight excluding hydrogens is 434 g/mol. The molecular formula is C22H20F2N6OS. The molecule has 0 spiro atoms. The second-order valence-electron chi connectivity index (χ2n) is 8.79. The van der Waals surface area contributed by atoms with E-state index in [1.165, 1.54) is 18.3 Å². The highest BCUT2D eigenvalue weighted by molar-refractivity contribution is 8.27. The van der Waals surface area contributed by atoms with Gasteiger partial charge in [-0.25, -0.2) is 18.3 Å². The predicted molar refractivity (Wildman–Crippen MR) is 117 cm³/mol. The van der Waals surface area contributed by atoms with E-state index in [-0.39, 0.29) is 16.0 Å². The van der Waals surface area contributed by atoms with E-state index in [2.05, 4.69) is 5.10 Å². The molecule has 7 nitrogen and oxygen atoms in total. The molecule has 32 heavy (non-hydrogen) atoms. The first-order chi connectivity index (χ1) is 15.3. The Hall–Kier alpha value is -2.85. The Balaban J connectivity index is 1.36. The number of benzene rings is 1. The standard InChI is InChI=1S/C22H20F2N6OS/c23-13-1-2-16(24)15(9-13)22-10-12(22)3-7-29(22)17-4-8-30-19(28-17)14(11-27-30)18(25)32-20(26)21(31)5-6-21/h1-2,4,8-9,11-12,25-26,31H,3,5-7,10H2/t12-,22+/m0/s1. The third kappa shape index (κ3) is 2.82. The maximum atomic E-state index is 14.7. The maximum absolute atomic E-state index is 14.7. The van der Waals surface area contributed by atoms with Crippen LogP contribution in [0.2, 0.25) is 0 Å². The number of nitrogens with one attached hydrogen (secondary N) is 2. The highest BCUT2D eigenvalue weighted by Crippen LogP contribution is 2.63. The summed E-state index contributed by atoms with van der Waals surface area (Å²) >= 11 is 0.907. The van der Waals surface area contributed by atoms with E-state index in [4.69, 9.17) is 15.8 Å². The van der Waals surface area contributed by atoms with E-state index in [9.17, 15) is 13.9 Å². The van der Waals surface area contributed by atoms with Crippen molar-refractivity contribution in [3.05, 3.63) is 59.4 Å². The summed E-state index contributed by atoms with van der Waals surface area (Å²) in [6.07, 6.45) is 5.96. The van der Waals surface area contributed by atoms with Crippen molar-refractivity contribution in [2.45, 2.75) is 36.8 Å². The molecule has 0 radical (unpaired) electrons. The average Bonchev–Trinajstić information content (AvgIpc) is 3.61. The first kappa shape index (κ1) is 19.8. The monoisotopic (exact) mass is 454 g/mol. The van der Waals surface area contributed by atoms with Crippen LogP contribution in [0.25, 0.3) is 5.65 Å². The van der Waals surface area contributed by atoms with Crippen LogP contribution in [0.5, 0.6) is 0 Å². The summed E-state index contributed by atoms with van der Waals surface area (Å²) in [6.45, 7) is 0.678. The normalized spacial score (nSPS) is 25.1. The Kier molecular flexibility index (Phi) is 4.07. The number of halogens is 2. The van der Waals surface area contributed by atoms with E-state index >= 15 is 0 Å². The number of aromatic nitrogens is 3. The quantitative estimate of drug-likeness (QED) is 0.412. The molecule has 3 aliphatic rings. The Bertz CT molecular complexity index is 1300. The molecule has 0 amide bonds. The van der Waals surface area contributed by atoms with Gasteiger partial charge in [-0.1, -0.05) is 11.8 Å². The minimum absolute atomic E-state index is 0.0545. The van der Waals surface area contributed by atoms with Gasteiger partial charge in [-0.3, -0.25) is 10.8 Å². The first-order valence-electron chi connectivity index (χ1n) is 10.5. The summed E-state index contributed by atoms with van der Waals surface area (Å²) in [4.78, 5) is 6.79. The van der Waals surface area contributed by atoms with Gasteiger partial charge in [-0.05, 0) is 55.9 Å². The SMILES string of the molecule is N=C(SC(=N)C1(O)CC1)c1cnn2ccc(N3CC[C@H]4C[C@]43c3cc(F)ccc3F)nc12. The van der Waals surface area contributed by atoms with Gasteiger partial charge >= 0.3 is 0 Å². The van der Waals surface area contributed by atoms with Crippen molar-refractivity contribution in [1.82, 2.24) is 14.6 Å². The topological polar surface area (TPSA) is 101 Å². The Morgan fingerprint density at radius 1 is 1.22 bits per heavy atom. The van der Waals surface area contributed by atoms with Crippen molar-refractivity contribution >= 4 is 33.3 Å². The van der Waals surface area contributed by atoms with Crippen molar-refractivity contribution < 1.29 is 13.9 Å². The Morgan fingerprint density at radius 2 is 2.03 bits per heavy atom. The van der Waals surface area contributed by atoms with Crippen LogP contribution in [0.4, 0.5) is 14.6 Å². The minimum atomic E-state index is -1.10. The van der Waals surface area contributed by atoms with Gasteiger partial charge in [-0.15, -0.1) is 0 Å². The zero-order chi connectivity index (χ0) is 22.3. The smallest absolute Gasteiger partial charge is 0.167 e. The zero-order valence-electron chi connectivity index (χ0n) is 17.0. The van der Waals surface area contributed by atoms with Crippen LogP contribution < -0.4 is 4.90 Å². The molecule has 2 saturated carbocycles. The molecule has 3 heterocycles. The summed E-state index contributed by atoms with van der Waals surface area (Å²) in [5, 5.41) is 31.0. The first-order valence-corrected chi connectivity index (χ1v) is 11.3. The summed E-state index contributed by atoms with van der Waals surface area (Å²) in [7, 11) is 0. The average molecular weight is 455 g/mol. The lowest BCUT2D eigenvalue weighted by Crippen LogP contribution is -2.34. The lowest BCUT2D eigenvalue weighted by molar-refractivity contribution is 0.224. The number of thioether (sulfide) groups is 1. The predicted octanol–water partition coefficient (Wildman–Crippen LogP) is 3.69. The second kappa shape index (κ2) is 6.58. The van der Waals surface area contributed by atoms with Crippen LogP contribution in [0.1, 0.15) is 36.8 Å². The molecule has 1 aromatic carbocycles. The molecule has 3 aromatic rings. The van der Waals surface area contributed by atoms with Gasteiger partial charge in [0, 0.05) is 18.3 Å². The fourth-order valence-corrected chi connectivity index (χ4v) is 5.72. The van der Waals surface area contributed by atoms with Crippen LogP contribution in [0.3, 0.4) is 0 Å². The molecule has 1 saturated heterocycles. The van der Waals surface area contributed by atoms with Gasteiger partial charge in [0.15, 0.2) is 5.65 Å². The number of piperidine rings is 1. The van der Waals surface area contributed by atoms with Gasteiger partial charge in [0.05, 0.1) is 17.3 Å². The van der Waals surface area contributed by atoms with Crippen molar-refractivity contribution in [2.24, 2.45) is 5.92 Å². The third-order valence-electron chi connectivity index (χ3n) is 6.88. The van der Waals surface area contributed by atoms with Crippen LogP contribution >= 0.6 is 11.8 Å². The van der Waals surface area contributed by atoms with Crippen LogP contribution in [-0.4, -0.2) is 41.9 Å². The van der Waals surface area contributed by atoms with Crippen molar-refractivity contribution in [1.29, 1.82) is 10.8 Å². The molecule has 0 unspecified atom stereocenters. The molecule has 2 atom stereocenters. The van der Waals surface area contributed by atoms with E-state index in [1.54, 1.807) is 16.8 Å². The number of aliphatic hydroxyl groups is 1. The largest absolute Gasteiger partial charge is 0.383 e. The van der Waals surface area contributed by atoms with Crippen LogP contribution in [0.15, 0.2) is 36.7 Å². The maximum Gasteiger partial charge on any atom is 0.167 e. The lowest BCUT2D eigenvalue weighted by atomic mass is 10.0. The minimum Gasteiger partial charge on any atom is -0.383 e. The van der Waals surface area contributed by atoms with Gasteiger partial charge in [0.1, 0.15) is 33.1 Å². The van der Waals surface area contributed by atoms with Gasteiger partial charge in [0.25, 0.3) is 0 Å². The second-order valence-corrected chi connectivity index (χ2v) is 9.81. The van der Waals surface area contributed by atoms with Crippen LogP contribution in [0, 0.1) is 28.4 Å². The number of hydrogen-bond donors (Lipinski definition) is 3. The molecule has 0 bridgehead atoms. The van der Waals surface area contributed by atoms with Gasteiger partial charge in [-0.2, -0.15) is 5.10 Å². The number of fused-ring (bicyclic) bond motifs is 2. The van der Waals surface area contributed by atoms with Crippen molar-refractivity contribution in [3.8, 4) is 0 Å². The molecule has 10 heteroatoms. The lowest BCUT2D eigenvalue weighted by Gasteiger charge is -2.30. The fourth-order valence-electron chi connectivity index (χ4n) is 4.86. The van der Waals surface area contributed by atoms with E-state index in [0.717, 1.165) is 30.7 Å². The molecule has 6 rings (SSSR count). The van der Waals surface area contributed by atoms with Crippen molar-refractivity contribution in [3.63, 3.8) is 0 Å². The molecule has 3 fully saturated rings.